The van der Waals surface area contributed by atoms with Gasteiger partial charge in [0.15, 0.2) is 0 Å². The van der Waals surface area contributed by atoms with Gasteiger partial charge in [-0.15, -0.1) is 0 Å². The lowest BCUT2D eigenvalue weighted by atomic mass is 10.2. The molecule has 136 valence electrons. The molecule has 0 spiro atoms. The van der Waals surface area contributed by atoms with Crippen molar-refractivity contribution in [2.24, 2.45) is 0 Å². The topological polar surface area (TPSA) is 59.5 Å². The summed E-state index contributed by atoms with van der Waals surface area (Å²) in [6.07, 6.45) is 3.13. The number of carbonyl (C=O) groups excluding carboxylic acids is 2. The average molecular weight is 381 g/mol. The summed E-state index contributed by atoms with van der Waals surface area (Å²) in [5.74, 6) is -0.677. The molecule has 0 fully saturated rings. The number of rotatable bonds is 6. The first-order chi connectivity index (χ1) is 13.1. The van der Waals surface area contributed by atoms with E-state index in [4.69, 9.17) is 16.3 Å². The molecule has 0 atom stereocenters. The molecule has 1 amide bonds. The van der Waals surface area contributed by atoms with Crippen LogP contribution in [0.4, 0.5) is 5.69 Å². The van der Waals surface area contributed by atoms with Gasteiger partial charge in [0, 0.05) is 28.7 Å². The van der Waals surface area contributed by atoms with Gasteiger partial charge in [0.25, 0.3) is 5.91 Å². The van der Waals surface area contributed by atoms with E-state index in [1.54, 1.807) is 53.7 Å². The van der Waals surface area contributed by atoms with E-state index in [0.717, 1.165) is 5.69 Å². The molecule has 3 aromatic rings. The smallest absolute Gasteiger partial charge is 0.338 e. The first-order valence-corrected chi connectivity index (χ1v) is 8.72. The fourth-order valence-corrected chi connectivity index (χ4v) is 2.72. The van der Waals surface area contributed by atoms with Gasteiger partial charge >= 0.3 is 5.97 Å². The van der Waals surface area contributed by atoms with Crippen molar-refractivity contribution in [3.8, 4) is 0 Å². The van der Waals surface area contributed by atoms with E-state index in [1.165, 1.54) is 0 Å². The Balaban J connectivity index is 1.71. The van der Waals surface area contributed by atoms with Gasteiger partial charge in [-0.3, -0.25) is 9.78 Å². The summed E-state index contributed by atoms with van der Waals surface area (Å²) in [6, 6.07) is 19.1. The number of pyridine rings is 1. The highest BCUT2D eigenvalue weighted by Gasteiger charge is 2.18. The Bertz CT molecular complexity index is 917. The molecule has 0 aliphatic rings. The number of esters is 1. The van der Waals surface area contributed by atoms with Crippen LogP contribution in [0, 0.1) is 0 Å². The third-order valence-electron chi connectivity index (χ3n) is 3.85. The Morgan fingerprint density at radius 2 is 1.67 bits per heavy atom. The molecule has 0 radical (unpaired) electrons. The van der Waals surface area contributed by atoms with Crippen LogP contribution in [0.5, 0.6) is 0 Å². The van der Waals surface area contributed by atoms with Crippen molar-refractivity contribution in [3.63, 3.8) is 0 Å². The van der Waals surface area contributed by atoms with Crippen LogP contribution in [-0.2, 0) is 4.74 Å². The Morgan fingerprint density at radius 3 is 2.37 bits per heavy atom. The second-order valence-corrected chi connectivity index (χ2v) is 6.11. The minimum absolute atomic E-state index is 0.0526. The molecule has 6 heteroatoms. The number of ether oxygens (including phenoxy) is 1. The molecule has 1 heterocycles. The maximum Gasteiger partial charge on any atom is 0.338 e. The van der Waals surface area contributed by atoms with Gasteiger partial charge in [-0.1, -0.05) is 35.9 Å². The van der Waals surface area contributed by atoms with Crippen molar-refractivity contribution in [3.05, 3.63) is 95.3 Å². The number of halogens is 1. The van der Waals surface area contributed by atoms with Crippen LogP contribution in [0.1, 0.15) is 20.7 Å². The maximum absolute atomic E-state index is 12.9. The highest BCUT2D eigenvalue weighted by atomic mass is 35.5. The van der Waals surface area contributed by atoms with E-state index in [9.17, 15) is 9.59 Å². The van der Waals surface area contributed by atoms with E-state index in [1.807, 2.05) is 30.3 Å². The molecular formula is C21H17ClN2O3. The lowest BCUT2D eigenvalue weighted by molar-refractivity contribution is 0.0511. The standard InChI is InChI=1S/C21H17ClN2O3/c22-18-6-4-5-17(15-18)21(26)27-14-13-24(19-7-2-1-3-8-19)20(25)16-9-11-23-12-10-16/h1-12,15H,13-14H2. The molecule has 1 aromatic heterocycles. The number of hydrogen-bond acceptors (Lipinski definition) is 4. The molecule has 0 saturated carbocycles. The highest BCUT2D eigenvalue weighted by Crippen LogP contribution is 2.17. The SMILES string of the molecule is O=C(OCCN(C(=O)c1ccncc1)c1ccccc1)c1cccc(Cl)c1. The van der Waals surface area contributed by atoms with E-state index in [0.29, 0.717) is 16.1 Å². The van der Waals surface area contributed by atoms with Gasteiger partial charge in [0.05, 0.1) is 12.1 Å². The Hall–Kier alpha value is -3.18. The number of nitrogens with zero attached hydrogens (tertiary/aromatic N) is 2. The third-order valence-corrected chi connectivity index (χ3v) is 4.08. The average Bonchev–Trinajstić information content (AvgIpc) is 2.72. The van der Waals surface area contributed by atoms with Crippen LogP contribution in [0.2, 0.25) is 5.02 Å². The van der Waals surface area contributed by atoms with E-state index >= 15 is 0 Å². The van der Waals surface area contributed by atoms with Crippen molar-refractivity contribution in [1.29, 1.82) is 0 Å². The summed E-state index contributed by atoms with van der Waals surface area (Å²) in [7, 11) is 0. The van der Waals surface area contributed by atoms with Crippen molar-refractivity contribution >= 4 is 29.2 Å². The summed E-state index contributed by atoms with van der Waals surface area (Å²) in [6.45, 7) is 0.272. The van der Waals surface area contributed by atoms with Crippen molar-refractivity contribution in [2.45, 2.75) is 0 Å². The van der Waals surface area contributed by atoms with E-state index < -0.39 is 5.97 Å². The fraction of sp³-hybridized carbons (Fsp3) is 0.0952. The first kappa shape index (κ1) is 18.6. The quantitative estimate of drug-likeness (QED) is 0.600. The first-order valence-electron chi connectivity index (χ1n) is 8.35. The summed E-state index contributed by atoms with van der Waals surface area (Å²) in [4.78, 5) is 30.5. The van der Waals surface area contributed by atoms with Gasteiger partial charge in [-0.05, 0) is 42.5 Å². The molecule has 0 saturated heterocycles. The van der Waals surface area contributed by atoms with Gasteiger partial charge in [0.1, 0.15) is 6.61 Å². The third kappa shape index (κ3) is 4.92. The number of aromatic nitrogens is 1. The zero-order chi connectivity index (χ0) is 19.1. The van der Waals surface area contributed by atoms with E-state index in [2.05, 4.69) is 4.98 Å². The second-order valence-electron chi connectivity index (χ2n) is 5.67. The molecule has 2 aromatic carbocycles. The number of para-hydroxylation sites is 1. The summed E-state index contributed by atoms with van der Waals surface area (Å²) < 4.78 is 5.32. The lowest BCUT2D eigenvalue weighted by Crippen LogP contribution is -2.34. The van der Waals surface area contributed by atoms with Crippen LogP contribution in [0.3, 0.4) is 0 Å². The summed E-state index contributed by atoms with van der Waals surface area (Å²) in [5, 5.41) is 0.461. The number of anilines is 1. The lowest BCUT2D eigenvalue weighted by Gasteiger charge is -2.22. The van der Waals surface area contributed by atoms with Crippen molar-refractivity contribution in [1.82, 2.24) is 4.98 Å². The van der Waals surface area contributed by atoms with Gasteiger partial charge < -0.3 is 9.64 Å². The molecule has 0 unspecified atom stereocenters. The highest BCUT2D eigenvalue weighted by molar-refractivity contribution is 6.30. The predicted molar refractivity (Wildman–Crippen MR) is 104 cm³/mol. The van der Waals surface area contributed by atoms with E-state index in [-0.39, 0.29) is 19.1 Å². The normalized spacial score (nSPS) is 10.3. The molecule has 0 bridgehead atoms. The van der Waals surface area contributed by atoms with Crippen LogP contribution in [0.15, 0.2) is 79.1 Å². The Morgan fingerprint density at radius 1 is 0.926 bits per heavy atom. The minimum Gasteiger partial charge on any atom is -0.460 e. The van der Waals surface area contributed by atoms with Crippen LogP contribution < -0.4 is 4.90 Å². The number of benzene rings is 2. The molecule has 0 aliphatic heterocycles. The number of amides is 1. The molecule has 5 nitrogen and oxygen atoms in total. The Kier molecular flexibility index (Phi) is 6.18. The molecular weight excluding hydrogens is 364 g/mol. The van der Waals surface area contributed by atoms with Crippen LogP contribution in [0.25, 0.3) is 0 Å². The van der Waals surface area contributed by atoms with Gasteiger partial charge in [0.2, 0.25) is 0 Å². The van der Waals surface area contributed by atoms with Crippen LogP contribution >= 0.6 is 11.6 Å². The maximum atomic E-state index is 12.9. The fourth-order valence-electron chi connectivity index (χ4n) is 2.53. The monoisotopic (exact) mass is 380 g/mol. The number of hydrogen-bond donors (Lipinski definition) is 0. The van der Waals surface area contributed by atoms with Gasteiger partial charge in [-0.25, -0.2) is 4.79 Å². The molecule has 0 N–H and O–H groups in total. The predicted octanol–water partition coefficient (Wildman–Crippen LogP) is 4.24. The second kappa shape index (κ2) is 8.96. The van der Waals surface area contributed by atoms with Crippen molar-refractivity contribution in [2.75, 3.05) is 18.1 Å². The molecule has 27 heavy (non-hydrogen) atoms. The zero-order valence-electron chi connectivity index (χ0n) is 14.4. The largest absolute Gasteiger partial charge is 0.460 e. The minimum atomic E-state index is -0.484. The zero-order valence-corrected chi connectivity index (χ0v) is 15.2. The number of carbonyl (C=O) groups is 2. The Labute approximate surface area is 162 Å². The molecule has 0 aliphatic carbocycles. The van der Waals surface area contributed by atoms with Crippen molar-refractivity contribution < 1.29 is 14.3 Å². The summed E-state index contributed by atoms with van der Waals surface area (Å²) >= 11 is 5.90. The summed E-state index contributed by atoms with van der Waals surface area (Å²) in [5.41, 5.74) is 1.60. The molecule has 3 rings (SSSR count). The van der Waals surface area contributed by atoms with Gasteiger partial charge in [-0.2, -0.15) is 0 Å². The van der Waals surface area contributed by atoms with Crippen LogP contribution in [-0.4, -0.2) is 30.0 Å².